The van der Waals surface area contributed by atoms with Gasteiger partial charge in [-0.1, -0.05) is 23.7 Å². The number of hydrogen-bond donors (Lipinski definition) is 1. The maximum Gasteiger partial charge on any atom is 0.392 e. The standard InChI is InChI=1S/C13H14ClN3O4/c1-9-6-16(15-13(9)17(19)20)7-10(18)8-21-12-5-3-2-4-11(12)14/h2-6,10,18H,7-8H2,1H3/t10-/m0/s1. The summed E-state index contributed by atoms with van der Waals surface area (Å²) in [4.78, 5) is 10.1. The monoisotopic (exact) mass is 311 g/mol. The maximum absolute atomic E-state index is 10.7. The average molecular weight is 312 g/mol. The van der Waals surface area contributed by atoms with Crippen LogP contribution in [-0.4, -0.2) is 32.5 Å². The first kappa shape index (κ1) is 15.3. The fraction of sp³-hybridized carbons (Fsp3) is 0.308. The first-order valence-corrected chi connectivity index (χ1v) is 6.59. The highest BCUT2D eigenvalue weighted by Crippen LogP contribution is 2.23. The molecular formula is C13H14ClN3O4. The van der Waals surface area contributed by atoms with Crippen molar-refractivity contribution in [2.45, 2.75) is 19.6 Å². The van der Waals surface area contributed by atoms with Gasteiger partial charge in [0.15, 0.2) is 0 Å². The minimum absolute atomic E-state index is 0.0104. The molecule has 0 aliphatic heterocycles. The van der Waals surface area contributed by atoms with E-state index in [2.05, 4.69) is 5.10 Å². The molecule has 0 saturated heterocycles. The molecule has 1 aromatic heterocycles. The van der Waals surface area contributed by atoms with Crippen molar-refractivity contribution in [3.8, 4) is 5.75 Å². The van der Waals surface area contributed by atoms with Gasteiger partial charge >= 0.3 is 5.82 Å². The average Bonchev–Trinajstić information content (AvgIpc) is 2.79. The minimum atomic E-state index is -0.861. The van der Waals surface area contributed by atoms with Crippen LogP contribution in [0.5, 0.6) is 5.75 Å². The summed E-state index contributed by atoms with van der Waals surface area (Å²) in [7, 11) is 0. The molecule has 0 radical (unpaired) electrons. The summed E-state index contributed by atoms with van der Waals surface area (Å²) in [5.41, 5.74) is 0.444. The lowest BCUT2D eigenvalue weighted by Crippen LogP contribution is -2.24. The number of para-hydroxylation sites is 1. The van der Waals surface area contributed by atoms with Crippen LogP contribution >= 0.6 is 11.6 Å². The summed E-state index contributed by atoms with van der Waals surface area (Å²) < 4.78 is 6.73. The molecule has 8 heteroatoms. The molecular weight excluding hydrogens is 298 g/mol. The van der Waals surface area contributed by atoms with Gasteiger partial charge in [0, 0.05) is 0 Å². The number of nitrogens with zero attached hydrogens (tertiary/aromatic N) is 3. The van der Waals surface area contributed by atoms with Gasteiger partial charge in [-0.05, 0) is 24.0 Å². The van der Waals surface area contributed by atoms with Crippen molar-refractivity contribution >= 4 is 17.4 Å². The highest BCUT2D eigenvalue weighted by Gasteiger charge is 2.19. The van der Waals surface area contributed by atoms with Crippen LogP contribution in [0.4, 0.5) is 5.82 Å². The number of aromatic nitrogens is 2. The van der Waals surface area contributed by atoms with E-state index in [0.717, 1.165) is 0 Å². The van der Waals surface area contributed by atoms with Gasteiger partial charge in [-0.25, -0.2) is 0 Å². The third-order valence-corrected chi connectivity index (χ3v) is 3.07. The Morgan fingerprint density at radius 3 is 2.86 bits per heavy atom. The van der Waals surface area contributed by atoms with Crippen molar-refractivity contribution in [2.24, 2.45) is 0 Å². The number of rotatable bonds is 6. The molecule has 21 heavy (non-hydrogen) atoms. The number of hydrogen-bond acceptors (Lipinski definition) is 5. The van der Waals surface area contributed by atoms with Gasteiger partial charge in [0.25, 0.3) is 0 Å². The molecule has 2 rings (SSSR count). The molecule has 0 amide bonds. The third-order valence-electron chi connectivity index (χ3n) is 2.76. The smallest absolute Gasteiger partial charge is 0.392 e. The van der Waals surface area contributed by atoms with E-state index >= 15 is 0 Å². The van der Waals surface area contributed by atoms with E-state index in [0.29, 0.717) is 16.3 Å². The van der Waals surface area contributed by atoms with Crippen molar-refractivity contribution in [2.75, 3.05) is 6.61 Å². The predicted octanol–water partition coefficient (Wildman–Crippen LogP) is 2.19. The molecule has 0 bridgehead atoms. The van der Waals surface area contributed by atoms with Gasteiger partial charge in [-0.15, -0.1) is 0 Å². The van der Waals surface area contributed by atoms with Gasteiger partial charge in [0.05, 0.1) is 28.4 Å². The fourth-order valence-corrected chi connectivity index (χ4v) is 1.99. The number of halogens is 1. The summed E-state index contributed by atoms with van der Waals surface area (Å²) in [5.74, 6) is 0.259. The first-order valence-electron chi connectivity index (χ1n) is 6.21. The van der Waals surface area contributed by atoms with Crippen molar-refractivity contribution in [1.29, 1.82) is 0 Å². The van der Waals surface area contributed by atoms with Crippen LogP contribution in [0.25, 0.3) is 0 Å². The molecule has 1 atom stereocenters. The Balaban J connectivity index is 1.93. The van der Waals surface area contributed by atoms with Crippen LogP contribution in [0.2, 0.25) is 5.02 Å². The summed E-state index contributed by atoms with van der Waals surface area (Å²) in [6.07, 6.45) is 0.650. The lowest BCUT2D eigenvalue weighted by atomic mass is 10.3. The topological polar surface area (TPSA) is 90.4 Å². The zero-order chi connectivity index (χ0) is 15.4. The molecule has 0 aliphatic rings. The normalized spacial score (nSPS) is 12.1. The van der Waals surface area contributed by atoms with E-state index in [1.54, 1.807) is 31.2 Å². The summed E-state index contributed by atoms with van der Waals surface area (Å²) in [6.45, 7) is 1.70. The number of benzene rings is 1. The second kappa shape index (κ2) is 6.55. The first-order chi connectivity index (χ1) is 9.97. The Bertz CT molecular complexity index is 644. The third kappa shape index (κ3) is 3.93. The molecule has 7 nitrogen and oxygen atoms in total. The van der Waals surface area contributed by atoms with Gasteiger partial charge in [0.2, 0.25) is 0 Å². The molecule has 1 heterocycles. The lowest BCUT2D eigenvalue weighted by Gasteiger charge is -2.11. The summed E-state index contributed by atoms with van der Waals surface area (Å²) in [6, 6.07) is 6.92. The molecule has 0 saturated carbocycles. The minimum Gasteiger partial charge on any atom is -0.489 e. The Hall–Kier alpha value is -2.12. The Kier molecular flexibility index (Phi) is 4.77. The van der Waals surface area contributed by atoms with E-state index in [4.69, 9.17) is 16.3 Å². The Morgan fingerprint density at radius 2 is 2.24 bits per heavy atom. The molecule has 112 valence electrons. The van der Waals surface area contributed by atoms with Crippen molar-refractivity contribution in [3.05, 3.63) is 51.2 Å². The van der Waals surface area contributed by atoms with E-state index in [9.17, 15) is 15.2 Å². The molecule has 0 fully saturated rings. The second-order valence-electron chi connectivity index (χ2n) is 4.51. The lowest BCUT2D eigenvalue weighted by molar-refractivity contribution is -0.390. The highest BCUT2D eigenvalue weighted by molar-refractivity contribution is 6.32. The number of aliphatic hydroxyl groups is 1. The van der Waals surface area contributed by atoms with Crippen LogP contribution in [0.15, 0.2) is 30.5 Å². The second-order valence-corrected chi connectivity index (χ2v) is 4.92. The van der Waals surface area contributed by atoms with Crippen molar-refractivity contribution < 1.29 is 14.8 Å². The highest BCUT2D eigenvalue weighted by atomic mass is 35.5. The molecule has 0 aliphatic carbocycles. The van der Waals surface area contributed by atoms with Crippen LogP contribution in [0, 0.1) is 17.0 Å². The molecule has 1 aromatic carbocycles. The van der Waals surface area contributed by atoms with Gasteiger partial charge in [-0.3, -0.25) is 0 Å². The van der Waals surface area contributed by atoms with Crippen LogP contribution < -0.4 is 4.74 Å². The van der Waals surface area contributed by atoms with Gasteiger partial charge in [-0.2, -0.15) is 4.68 Å². The summed E-state index contributed by atoms with van der Waals surface area (Å²) in [5, 5.41) is 24.8. The van der Waals surface area contributed by atoms with Crippen molar-refractivity contribution in [1.82, 2.24) is 9.78 Å². The summed E-state index contributed by atoms with van der Waals surface area (Å²) >= 11 is 5.93. The van der Waals surface area contributed by atoms with E-state index in [1.165, 1.54) is 10.9 Å². The zero-order valence-corrected chi connectivity index (χ0v) is 12.0. The van der Waals surface area contributed by atoms with E-state index < -0.39 is 11.0 Å². The Morgan fingerprint density at radius 1 is 1.52 bits per heavy atom. The van der Waals surface area contributed by atoms with E-state index in [1.807, 2.05) is 0 Å². The number of aryl methyl sites for hydroxylation is 1. The molecule has 0 spiro atoms. The number of ether oxygens (including phenoxy) is 1. The van der Waals surface area contributed by atoms with Crippen molar-refractivity contribution in [3.63, 3.8) is 0 Å². The quantitative estimate of drug-likeness (QED) is 0.652. The molecule has 2 aromatic rings. The van der Waals surface area contributed by atoms with Crippen LogP contribution in [-0.2, 0) is 6.54 Å². The largest absolute Gasteiger partial charge is 0.489 e. The molecule has 0 unspecified atom stereocenters. The van der Waals surface area contributed by atoms with Crippen LogP contribution in [0.3, 0.4) is 0 Å². The van der Waals surface area contributed by atoms with E-state index in [-0.39, 0.29) is 19.0 Å². The Labute approximate surface area is 125 Å². The maximum atomic E-state index is 10.7. The number of aliphatic hydroxyl groups excluding tert-OH is 1. The fourth-order valence-electron chi connectivity index (χ4n) is 1.80. The predicted molar refractivity (Wildman–Crippen MR) is 76.6 cm³/mol. The van der Waals surface area contributed by atoms with Gasteiger partial charge in [0.1, 0.15) is 18.5 Å². The number of nitro groups is 1. The van der Waals surface area contributed by atoms with Crippen LogP contribution in [0.1, 0.15) is 5.56 Å². The SMILES string of the molecule is Cc1cn(C[C@H](O)COc2ccccc2Cl)nc1[N+](=O)[O-]. The zero-order valence-electron chi connectivity index (χ0n) is 11.3. The van der Waals surface area contributed by atoms with Gasteiger partial charge < -0.3 is 20.0 Å². The molecule has 1 N–H and O–H groups in total.